The Bertz CT molecular complexity index is 124. The first-order chi connectivity index (χ1) is 4.31. The second kappa shape index (κ2) is 2.82. The van der Waals surface area contributed by atoms with E-state index >= 15 is 0 Å². The van der Waals surface area contributed by atoms with Crippen LogP contribution in [0, 0.1) is 0 Å². The van der Waals surface area contributed by atoms with Crippen molar-refractivity contribution in [2.24, 2.45) is 0 Å². The van der Waals surface area contributed by atoms with E-state index in [9.17, 15) is 8.78 Å². The summed E-state index contributed by atoms with van der Waals surface area (Å²) < 4.78 is 25.8. The summed E-state index contributed by atoms with van der Waals surface area (Å²) in [4.78, 5) is 0. The van der Waals surface area contributed by atoms with Gasteiger partial charge in [-0.15, -0.1) is 6.58 Å². The van der Waals surface area contributed by atoms with Crippen molar-refractivity contribution in [2.75, 3.05) is 0 Å². The molecular weight excluding hydrogens is 150 g/mol. The Hall–Kier alpha value is -0.183. The summed E-state index contributed by atoms with van der Waals surface area (Å²) in [6, 6.07) is 0. The van der Waals surface area contributed by atoms with E-state index in [1.807, 2.05) is 0 Å². The van der Waals surface area contributed by atoms with Gasteiger partial charge >= 0.3 is 0 Å². The van der Waals surface area contributed by atoms with Crippen LogP contribution >= 0.6 is 0 Å². The first kappa shape index (κ1) is 9.82. The molecule has 0 unspecified atom stereocenters. The highest BCUT2D eigenvalue weighted by molar-refractivity contribution is 6.78. The topological polar surface area (TPSA) is 0 Å². The summed E-state index contributed by atoms with van der Waals surface area (Å²) >= 11 is 0. The molecule has 10 heavy (non-hydrogen) atoms. The Morgan fingerprint density at radius 1 is 1.40 bits per heavy atom. The van der Waals surface area contributed by atoms with E-state index in [0.717, 1.165) is 0 Å². The Labute approximate surface area is 62.0 Å². The fraction of sp³-hybridized carbons (Fsp3) is 0.714. The fourth-order valence-electron chi connectivity index (χ4n) is 0.487. The first-order valence-electron chi connectivity index (χ1n) is 3.30. The van der Waals surface area contributed by atoms with Gasteiger partial charge in [0.15, 0.2) is 0 Å². The molecule has 0 aliphatic carbocycles. The van der Waals surface area contributed by atoms with Gasteiger partial charge in [0, 0.05) is 6.42 Å². The second-order valence-electron chi connectivity index (χ2n) is 3.45. The molecule has 0 amide bonds. The Kier molecular flexibility index (Phi) is 2.77. The molecule has 0 aliphatic rings. The van der Waals surface area contributed by atoms with Crippen LogP contribution in [-0.2, 0) is 0 Å². The minimum atomic E-state index is -2.49. The molecule has 0 aromatic rings. The van der Waals surface area contributed by atoms with Gasteiger partial charge in [-0.2, -0.15) is 0 Å². The van der Waals surface area contributed by atoms with Gasteiger partial charge in [0.25, 0.3) is 0 Å². The average Bonchev–Trinajstić information content (AvgIpc) is 1.61. The van der Waals surface area contributed by atoms with Crippen molar-refractivity contribution in [1.82, 2.24) is 0 Å². The molecule has 0 saturated heterocycles. The maximum absolute atomic E-state index is 12.9. The lowest BCUT2D eigenvalue weighted by molar-refractivity contribution is 0.0851. The van der Waals surface area contributed by atoms with Crippen LogP contribution in [0.1, 0.15) is 6.42 Å². The van der Waals surface area contributed by atoms with Crippen LogP contribution in [-0.4, -0.2) is 13.6 Å². The van der Waals surface area contributed by atoms with Gasteiger partial charge in [-0.3, -0.25) is 0 Å². The normalized spacial score (nSPS) is 13.3. The van der Waals surface area contributed by atoms with Gasteiger partial charge in [0.05, 0.1) is 0 Å². The summed E-state index contributed by atoms with van der Waals surface area (Å²) in [6.45, 7) is 8.29. The number of hydrogen-bond donors (Lipinski definition) is 0. The van der Waals surface area contributed by atoms with Crippen molar-refractivity contribution in [2.45, 2.75) is 31.6 Å². The molecule has 0 bridgehead atoms. The molecule has 0 fully saturated rings. The van der Waals surface area contributed by atoms with Gasteiger partial charge in [0.1, 0.15) is 8.07 Å². The molecule has 3 heteroatoms. The molecule has 0 nitrogen and oxygen atoms in total. The summed E-state index contributed by atoms with van der Waals surface area (Å²) in [5.41, 5.74) is -2.49. The largest absolute Gasteiger partial charge is 0.232 e. The van der Waals surface area contributed by atoms with Crippen LogP contribution < -0.4 is 0 Å². The van der Waals surface area contributed by atoms with Crippen LogP contribution in [0.4, 0.5) is 8.78 Å². The zero-order valence-electron chi connectivity index (χ0n) is 6.75. The molecule has 0 radical (unpaired) electrons. The second-order valence-corrected chi connectivity index (χ2v) is 8.68. The Morgan fingerprint density at radius 2 is 1.80 bits per heavy atom. The fourth-order valence-corrected chi connectivity index (χ4v) is 1.24. The predicted molar refractivity (Wildman–Crippen MR) is 43.1 cm³/mol. The highest BCUT2D eigenvalue weighted by atomic mass is 28.3. The minimum Gasteiger partial charge on any atom is -0.212 e. The third-order valence-electron chi connectivity index (χ3n) is 1.50. The van der Waals surface area contributed by atoms with Gasteiger partial charge < -0.3 is 0 Å². The van der Waals surface area contributed by atoms with E-state index in [4.69, 9.17) is 0 Å². The van der Waals surface area contributed by atoms with E-state index < -0.39 is 13.6 Å². The van der Waals surface area contributed by atoms with Crippen LogP contribution in [0.3, 0.4) is 0 Å². The molecule has 0 N–H and O–H groups in total. The minimum absolute atomic E-state index is 0.178. The summed E-state index contributed by atoms with van der Waals surface area (Å²) in [5.74, 6) is 0. The summed E-state index contributed by atoms with van der Waals surface area (Å²) in [5, 5.41) is 0. The SMILES string of the molecule is C=CCC(F)(F)[Si](C)(C)C. The molecule has 0 saturated carbocycles. The molecule has 0 aliphatic heterocycles. The summed E-state index contributed by atoms with van der Waals surface area (Å²) in [6.07, 6.45) is 1.11. The standard InChI is InChI=1S/C7H14F2Si/c1-5-6-7(8,9)10(2,3)4/h5H,1,6H2,2-4H3. The monoisotopic (exact) mass is 164 g/mol. The molecule has 0 aromatic heterocycles. The maximum Gasteiger partial charge on any atom is 0.232 e. The van der Waals surface area contributed by atoms with Crippen molar-refractivity contribution < 1.29 is 8.78 Å². The van der Waals surface area contributed by atoms with Gasteiger partial charge in [-0.1, -0.05) is 25.7 Å². The summed E-state index contributed by atoms with van der Waals surface area (Å²) in [7, 11) is -2.31. The van der Waals surface area contributed by atoms with Gasteiger partial charge in [0.2, 0.25) is 5.55 Å². The number of hydrogen-bond acceptors (Lipinski definition) is 0. The van der Waals surface area contributed by atoms with Crippen LogP contribution in [0.5, 0.6) is 0 Å². The van der Waals surface area contributed by atoms with E-state index in [2.05, 4.69) is 6.58 Å². The number of rotatable bonds is 3. The van der Waals surface area contributed by atoms with E-state index in [1.165, 1.54) is 6.08 Å². The molecule has 0 atom stereocenters. The zero-order chi connectivity index (χ0) is 8.41. The van der Waals surface area contributed by atoms with Crippen molar-refractivity contribution in [1.29, 1.82) is 0 Å². The van der Waals surface area contributed by atoms with Crippen LogP contribution in [0.25, 0.3) is 0 Å². The smallest absolute Gasteiger partial charge is 0.212 e. The first-order valence-corrected chi connectivity index (χ1v) is 6.80. The Morgan fingerprint density at radius 3 is 1.90 bits per heavy atom. The molecule has 0 aromatic carbocycles. The lowest BCUT2D eigenvalue weighted by atomic mass is 10.4. The van der Waals surface area contributed by atoms with E-state index in [1.54, 1.807) is 19.6 Å². The maximum atomic E-state index is 12.9. The van der Waals surface area contributed by atoms with Gasteiger partial charge in [-0.05, 0) is 0 Å². The molecular formula is C7H14F2Si. The van der Waals surface area contributed by atoms with Crippen LogP contribution in [0.15, 0.2) is 12.7 Å². The van der Waals surface area contributed by atoms with Crippen molar-refractivity contribution in [3.63, 3.8) is 0 Å². The van der Waals surface area contributed by atoms with Gasteiger partial charge in [-0.25, -0.2) is 8.78 Å². The molecule has 0 rings (SSSR count). The lowest BCUT2D eigenvalue weighted by Gasteiger charge is -2.27. The highest BCUT2D eigenvalue weighted by Gasteiger charge is 2.43. The van der Waals surface area contributed by atoms with Crippen molar-refractivity contribution >= 4 is 8.07 Å². The van der Waals surface area contributed by atoms with Crippen LogP contribution in [0.2, 0.25) is 19.6 Å². The molecule has 0 spiro atoms. The van der Waals surface area contributed by atoms with Crippen molar-refractivity contribution in [3.05, 3.63) is 12.7 Å². The Balaban J connectivity index is 4.23. The highest BCUT2D eigenvalue weighted by Crippen LogP contribution is 2.30. The number of alkyl halides is 2. The lowest BCUT2D eigenvalue weighted by Crippen LogP contribution is -2.44. The molecule has 0 heterocycles. The predicted octanol–water partition coefficient (Wildman–Crippen LogP) is 3.08. The zero-order valence-corrected chi connectivity index (χ0v) is 7.75. The van der Waals surface area contributed by atoms with E-state index in [-0.39, 0.29) is 6.42 Å². The third kappa shape index (κ3) is 2.21. The average molecular weight is 164 g/mol. The van der Waals surface area contributed by atoms with E-state index in [0.29, 0.717) is 0 Å². The third-order valence-corrected chi connectivity index (χ3v) is 3.90. The number of halogens is 2. The van der Waals surface area contributed by atoms with Crippen molar-refractivity contribution in [3.8, 4) is 0 Å². The quantitative estimate of drug-likeness (QED) is 0.444. The number of allylic oxidation sites excluding steroid dienone is 1. The molecule has 60 valence electrons.